The van der Waals surface area contributed by atoms with Crippen LogP contribution < -0.4 is 5.90 Å². The molecule has 2 N–H and O–H groups in total. The van der Waals surface area contributed by atoms with Crippen LogP contribution in [0.4, 0.5) is 13.2 Å². The van der Waals surface area contributed by atoms with Crippen molar-refractivity contribution in [3.63, 3.8) is 0 Å². The maximum Gasteiger partial charge on any atom is 0.161 e. The summed E-state index contributed by atoms with van der Waals surface area (Å²) in [5.74, 6) is 1.93. The van der Waals surface area contributed by atoms with E-state index in [1.54, 1.807) is 13.8 Å². The molecule has 0 unspecified atom stereocenters. The molecule has 0 fully saturated rings. The first kappa shape index (κ1) is 13.0. The van der Waals surface area contributed by atoms with Crippen LogP contribution in [-0.4, -0.2) is 6.61 Å². The van der Waals surface area contributed by atoms with Crippen molar-refractivity contribution in [2.75, 3.05) is 6.61 Å². The molecule has 1 rings (SSSR count). The van der Waals surface area contributed by atoms with Gasteiger partial charge in [-0.25, -0.2) is 19.1 Å². The van der Waals surface area contributed by atoms with Gasteiger partial charge in [0.25, 0.3) is 0 Å². The summed E-state index contributed by atoms with van der Waals surface area (Å²) in [7, 11) is 0. The van der Waals surface area contributed by atoms with Gasteiger partial charge in [0.2, 0.25) is 0 Å². The van der Waals surface area contributed by atoms with Crippen molar-refractivity contribution < 1.29 is 18.0 Å². The molecule has 0 aliphatic carbocycles. The molecule has 0 aliphatic heterocycles. The number of halogens is 3. The fourth-order valence-electron chi connectivity index (χ4n) is 1.49. The van der Waals surface area contributed by atoms with Crippen molar-refractivity contribution in [3.8, 4) is 0 Å². The highest BCUT2D eigenvalue weighted by molar-refractivity contribution is 5.21. The second-order valence-corrected chi connectivity index (χ2v) is 4.51. The SMILES string of the molecule is CC(C)(CON)Cc1cc(F)c(F)cc1F. The highest BCUT2D eigenvalue weighted by Crippen LogP contribution is 2.24. The third-order valence-corrected chi connectivity index (χ3v) is 2.23. The Labute approximate surface area is 92.2 Å². The summed E-state index contributed by atoms with van der Waals surface area (Å²) >= 11 is 0. The summed E-state index contributed by atoms with van der Waals surface area (Å²) < 4.78 is 38.9. The Bertz CT molecular complexity index is 380. The van der Waals surface area contributed by atoms with Gasteiger partial charge in [-0.2, -0.15) is 0 Å². The molecule has 0 saturated heterocycles. The highest BCUT2D eigenvalue weighted by atomic mass is 19.2. The smallest absolute Gasteiger partial charge is 0.161 e. The van der Waals surface area contributed by atoms with E-state index in [1.807, 2.05) is 0 Å². The molecular formula is C11H14F3NO. The maximum atomic E-state index is 13.3. The van der Waals surface area contributed by atoms with E-state index in [9.17, 15) is 13.2 Å². The van der Waals surface area contributed by atoms with Gasteiger partial charge in [0.15, 0.2) is 11.6 Å². The van der Waals surface area contributed by atoms with Gasteiger partial charge in [0.1, 0.15) is 5.82 Å². The van der Waals surface area contributed by atoms with E-state index in [2.05, 4.69) is 4.84 Å². The number of benzene rings is 1. The van der Waals surface area contributed by atoms with Crippen molar-refractivity contribution in [3.05, 3.63) is 35.1 Å². The van der Waals surface area contributed by atoms with Crippen LogP contribution in [0.15, 0.2) is 12.1 Å². The molecule has 1 aromatic rings. The van der Waals surface area contributed by atoms with E-state index < -0.39 is 22.9 Å². The van der Waals surface area contributed by atoms with Crippen LogP contribution in [0.2, 0.25) is 0 Å². The molecule has 16 heavy (non-hydrogen) atoms. The Hall–Kier alpha value is -1.07. The van der Waals surface area contributed by atoms with Gasteiger partial charge in [-0.3, -0.25) is 0 Å². The van der Waals surface area contributed by atoms with Crippen LogP contribution in [0, 0.1) is 22.9 Å². The molecule has 90 valence electrons. The van der Waals surface area contributed by atoms with E-state index in [4.69, 9.17) is 5.90 Å². The fraction of sp³-hybridized carbons (Fsp3) is 0.455. The molecule has 5 heteroatoms. The van der Waals surface area contributed by atoms with Crippen LogP contribution in [0.25, 0.3) is 0 Å². The predicted octanol–water partition coefficient (Wildman–Crippen LogP) is 2.56. The van der Waals surface area contributed by atoms with Gasteiger partial charge in [0.05, 0.1) is 6.61 Å². The molecule has 0 spiro atoms. The topological polar surface area (TPSA) is 35.2 Å². The summed E-state index contributed by atoms with van der Waals surface area (Å²) in [5, 5.41) is 0. The zero-order valence-electron chi connectivity index (χ0n) is 9.19. The predicted molar refractivity (Wildman–Crippen MR) is 53.9 cm³/mol. The molecule has 0 aliphatic rings. The van der Waals surface area contributed by atoms with Crippen LogP contribution in [-0.2, 0) is 11.3 Å². The number of rotatable bonds is 4. The first-order chi connectivity index (χ1) is 7.35. The minimum atomic E-state index is -1.19. The molecule has 1 aromatic carbocycles. The lowest BCUT2D eigenvalue weighted by molar-refractivity contribution is 0.0624. The Morgan fingerprint density at radius 2 is 1.69 bits per heavy atom. The molecule has 2 nitrogen and oxygen atoms in total. The monoisotopic (exact) mass is 233 g/mol. The van der Waals surface area contributed by atoms with Crippen molar-refractivity contribution in [1.82, 2.24) is 0 Å². The first-order valence-corrected chi connectivity index (χ1v) is 4.81. The van der Waals surface area contributed by atoms with E-state index in [1.165, 1.54) is 0 Å². The van der Waals surface area contributed by atoms with Gasteiger partial charge in [-0.1, -0.05) is 13.8 Å². The number of hydrogen-bond acceptors (Lipinski definition) is 2. The minimum absolute atomic E-state index is 0.112. The van der Waals surface area contributed by atoms with E-state index >= 15 is 0 Å². The second kappa shape index (κ2) is 4.84. The molecule has 0 amide bonds. The summed E-state index contributed by atoms with van der Waals surface area (Å²) in [6.07, 6.45) is 0.216. The molecule has 0 radical (unpaired) electrons. The van der Waals surface area contributed by atoms with E-state index in [0.717, 1.165) is 6.07 Å². The normalized spacial score (nSPS) is 11.9. The summed E-state index contributed by atoms with van der Waals surface area (Å²) in [5.41, 5.74) is -0.333. The van der Waals surface area contributed by atoms with Crippen molar-refractivity contribution in [2.45, 2.75) is 20.3 Å². The molecule has 0 heterocycles. The first-order valence-electron chi connectivity index (χ1n) is 4.81. The quantitative estimate of drug-likeness (QED) is 0.640. The van der Waals surface area contributed by atoms with Crippen LogP contribution in [0.5, 0.6) is 0 Å². The van der Waals surface area contributed by atoms with Gasteiger partial charge in [-0.15, -0.1) is 0 Å². The molecule has 0 saturated carbocycles. The third-order valence-electron chi connectivity index (χ3n) is 2.23. The van der Waals surface area contributed by atoms with Crippen molar-refractivity contribution in [1.29, 1.82) is 0 Å². The number of hydrogen-bond donors (Lipinski definition) is 1. The zero-order chi connectivity index (χ0) is 12.3. The number of nitrogens with two attached hydrogens (primary N) is 1. The van der Waals surface area contributed by atoms with Crippen molar-refractivity contribution in [2.24, 2.45) is 11.3 Å². The highest BCUT2D eigenvalue weighted by Gasteiger charge is 2.22. The van der Waals surface area contributed by atoms with Crippen LogP contribution in [0.1, 0.15) is 19.4 Å². The lowest BCUT2D eigenvalue weighted by Gasteiger charge is -2.23. The van der Waals surface area contributed by atoms with E-state index in [-0.39, 0.29) is 18.6 Å². The van der Waals surface area contributed by atoms with Gasteiger partial charge in [-0.05, 0) is 23.5 Å². The van der Waals surface area contributed by atoms with Crippen molar-refractivity contribution >= 4 is 0 Å². The van der Waals surface area contributed by atoms with Gasteiger partial charge < -0.3 is 4.84 Å². The van der Waals surface area contributed by atoms with Gasteiger partial charge >= 0.3 is 0 Å². The summed E-state index contributed by atoms with van der Waals surface area (Å²) in [6, 6.07) is 1.41. The third kappa shape index (κ3) is 3.21. The molecular weight excluding hydrogens is 219 g/mol. The summed E-state index contributed by atoms with van der Waals surface area (Å²) in [4.78, 5) is 4.48. The zero-order valence-corrected chi connectivity index (χ0v) is 9.19. The van der Waals surface area contributed by atoms with Crippen LogP contribution in [0.3, 0.4) is 0 Å². The Morgan fingerprint density at radius 1 is 1.12 bits per heavy atom. The molecule has 0 bridgehead atoms. The average molecular weight is 233 g/mol. The lowest BCUT2D eigenvalue weighted by Crippen LogP contribution is -2.24. The summed E-state index contributed by atoms with van der Waals surface area (Å²) in [6.45, 7) is 3.78. The Kier molecular flexibility index (Phi) is 3.93. The van der Waals surface area contributed by atoms with E-state index in [0.29, 0.717) is 6.07 Å². The maximum absolute atomic E-state index is 13.3. The van der Waals surface area contributed by atoms with Gasteiger partial charge in [0, 0.05) is 6.07 Å². The average Bonchev–Trinajstić information content (AvgIpc) is 2.13. The lowest BCUT2D eigenvalue weighted by atomic mass is 9.86. The Morgan fingerprint density at radius 3 is 2.25 bits per heavy atom. The minimum Gasteiger partial charge on any atom is -0.304 e. The standard InChI is InChI=1S/C11H14F3NO/c1-11(2,6-16-15)5-7-3-9(13)10(14)4-8(7)12/h3-4H,5-6,15H2,1-2H3. The Balaban J connectivity index is 2.93. The fourth-order valence-corrected chi connectivity index (χ4v) is 1.49. The second-order valence-electron chi connectivity index (χ2n) is 4.51. The molecule has 0 atom stereocenters. The largest absolute Gasteiger partial charge is 0.304 e. The van der Waals surface area contributed by atoms with Crippen LogP contribution >= 0.6 is 0 Å². The molecule has 0 aromatic heterocycles.